The summed E-state index contributed by atoms with van der Waals surface area (Å²) in [5.74, 6) is 4.59. The van der Waals surface area contributed by atoms with Crippen LogP contribution < -0.4 is 11.3 Å². The van der Waals surface area contributed by atoms with Crippen molar-refractivity contribution in [2.75, 3.05) is 32.6 Å². The summed E-state index contributed by atoms with van der Waals surface area (Å²) >= 11 is 0. The molecule has 0 radical (unpaired) electrons. The van der Waals surface area contributed by atoms with Crippen molar-refractivity contribution in [2.45, 2.75) is 18.9 Å². The highest BCUT2D eigenvalue weighted by Gasteiger charge is 2.27. The molecule has 1 unspecified atom stereocenters. The largest absolute Gasteiger partial charge is 0.337 e. The fourth-order valence-corrected chi connectivity index (χ4v) is 2.66. The first kappa shape index (κ1) is 14.7. The Morgan fingerprint density at radius 1 is 1.55 bits per heavy atom. The number of carbonyl (C=O) groups excluding carboxylic acids is 1. The Labute approximate surface area is 118 Å². The SMILES string of the molecule is CN1CCCC(N(C)C(=O)c2cccc(F)c2NN)C1. The molecular weight excluding hydrogens is 259 g/mol. The first-order chi connectivity index (χ1) is 9.54. The number of rotatable bonds is 3. The number of hydrazine groups is 1. The van der Waals surface area contributed by atoms with Gasteiger partial charge in [0.2, 0.25) is 0 Å². The molecule has 3 N–H and O–H groups in total. The number of likely N-dealkylation sites (N-methyl/N-ethyl adjacent to an activating group) is 2. The van der Waals surface area contributed by atoms with Gasteiger partial charge in [0.15, 0.2) is 0 Å². The average molecular weight is 280 g/mol. The number of nitrogen functional groups attached to an aromatic ring is 1. The van der Waals surface area contributed by atoms with Gasteiger partial charge in [-0.05, 0) is 38.6 Å². The molecule has 20 heavy (non-hydrogen) atoms. The minimum Gasteiger partial charge on any atom is -0.337 e. The fourth-order valence-electron chi connectivity index (χ4n) is 2.66. The molecule has 0 saturated carbocycles. The smallest absolute Gasteiger partial charge is 0.256 e. The lowest BCUT2D eigenvalue weighted by Gasteiger charge is -2.36. The van der Waals surface area contributed by atoms with Crippen LogP contribution in [-0.4, -0.2) is 48.9 Å². The van der Waals surface area contributed by atoms with E-state index >= 15 is 0 Å². The molecule has 1 aromatic carbocycles. The molecular formula is C14H21FN4O. The minimum absolute atomic E-state index is 0.0496. The van der Waals surface area contributed by atoms with E-state index in [9.17, 15) is 9.18 Å². The number of hydrogen-bond acceptors (Lipinski definition) is 4. The molecule has 2 rings (SSSR count). The van der Waals surface area contributed by atoms with Gasteiger partial charge in [-0.25, -0.2) is 4.39 Å². The van der Waals surface area contributed by atoms with E-state index in [2.05, 4.69) is 10.3 Å². The lowest BCUT2D eigenvalue weighted by molar-refractivity contribution is 0.0644. The van der Waals surface area contributed by atoms with Crippen LogP contribution in [0.3, 0.4) is 0 Å². The van der Waals surface area contributed by atoms with Crippen LogP contribution in [0.2, 0.25) is 0 Å². The Kier molecular flexibility index (Phi) is 4.57. The minimum atomic E-state index is -0.521. The highest BCUT2D eigenvalue weighted by molar-refractivity contribution is 5.99. The summed E-state index contributed by atoms with van der Waals surface area (Å²) in [6.45, 7) is 1.89. The van der Waals surface area contributed by atoms with E-state index in [-0.39, 0.29) is 23.2 Å². The zero-order chi connectivity index (χ0) is 14.7. The monoisotopic (exact) mass is 280 g/mol. The van der Waals surface area contributed by atoms with Gasteiger partial charge in [-0.2, -0.15) is 0 Å². The van der Waals surface area contributed by atoms with E-state index in [1.54, 1.807) is 18.0 Å². The summed E-state index contributed by atoms with van der Waals surface area (Å²) in [4.78, 5) is 16.4. The number of para-hydroxylation sites is 1. The van der Waals surface area contributed by atoms with E-state index in [0.29, 0.717) is 0 Å². The summed E-state index contributed by atoms with van der Waals surface area (Å²) in [5, 5.41) is 0. The van der Waals surface area contributed by atoms with Gasteiger partial charge in [0.1, 0.15) is 5.82 Å². The zero-order valence-electron chi connectivity index (χ0n) is 11.9. The normalized spacial score (nSPS) is 19.7. The van der Waals surface area contributed by atoms with Gasteiger partial charge >= 0.3 is 0 Å². The molecule has 1 aromatic rings. The summed E-state index contributed by atoms with van der Waals surface area (Å²) < 4.78 is 13.7. The third kappa shape index (κ3) is 2.91. The molecule has 1 atom stereocenters. The Morgan fingerprint density at radius 2 is 2.30 bits per heavy atom. The van der Waals surface area contributed by atoms with Crippen molar-refractivity contribution in [3.05, 3.63) is 29.6 Å². The molecule has 1 fully saturated rings. The Balaban J connectivity index is 2.20. The van der Waals surface area contributed by atoms with E-state index in [4.69, 9.17) is 5.84 Å². The summed E-state index contributed by atoms with van der Waals surface area (Å²) in [5.41, 5.74) is 2.59. The molecule has 0 spiro atoms. The standard InChI is InChI=1S/C14H21FN4O/c1-18-8-4-5-10(9-18)19(2)14(20)11-6-3-7-12(15)13(11)17-16/h3,6-7,10,17H,4-5,8-9,16H2,1-2H3. The summed E-state index contributed by atoms with van der Waals surface area (Å²) in [6, 6.07) is 4.53. The molecule has 110 valence electrons. The highest BCUT2D eigenvalue weighted by atomic mass is 19.1. The lowest BCUT2D eigenvalue weighted by Crippen LogP contribution is -2.47. The second-order valence-electron chi connectivity index (χ2n) is 5.28. The zero-order valence-corrected chi connectivity index (χ0v) is 11.9. The van der Waals surface area contributed by atoms with Gasteiger partial charge < -0.3 is 15.2 Å². The third-order valence-corrected chi connectivity index (χ3v) is 3.86. The number of carbonyl (C=O) groups is 1. The number of benzene rings is 1. The second-order valence-corrected chi connectivity index (χ2v) is 5.28. The van der Waals surface area contributed by atoms with Gasteiger partial charge in [-0.1, -0.05) is 6.07 Å². The second kappa shape index (κ2) is 6.19. The van der Waals surface area contributed by atoms with Crippen molar-refractivity contribution in [1.29, 1.82) is 0 Å². The number of halogens is 1. The molecule has 1 amide bonds. The molecule has 1 saturated heterocycles. The average Bonchev–Trinajstić information content (AvgIpc) is 2.45. The number of nitrogens with zero attached hydrogens (tertiary/aromatic N) is 2. The first-order valence-electron chi connectivity index (χ1n) is 6.75. The molecule has 0 bridgehead atoms. The highest BCUT2D eigenvalue weighted by Crippen LogP contribution is 2.22. The first-order valence-corrected chi connectivity index (χ1v) is 6.75. The third-order valence-electron chi connectivity index (χ3n) is 3.86. The predicted octanol–water partition coefficient (Wildman–Crippen LogP) is 1.28. The van der Waals surface area contributed by atoms with E-state index in [1.165, 1.54) is 12.1 Å². The Hall–Kier alpha value is -1.66. The maximum atomic E-state index is 13.7. The van der Waals surface area contributed by atoms with Gasteiger partial charge in [-0.15, -0.1) is 0 Å². The topological polar surface area (TPSA) is 61.6 Å². The molecule has 5 nitrogen and oxygen atoms in total. The lowest BCUT2D eigenvalue weighted by atomic mass is 10.0. The van der Waals surface area contributed by atoms with Crippen molar-refractivity contribution in [1.82, 2.24) is 9.80 Å². The van der Waals surface area contributed by atoms with Crippen LogP contribution in [0, 0.1) is 5.82 Å². The molecule has 1 aliphatic rings. The van der Waals surface area contributed by atoms with Crippen molar-refractivity contribution >= 4 is 11.6 Å². The molecule has 0 aromatic heterocycles. The van der Waals surface area contributed by atoms with E-state index in [0.717, 1.165) is 25.9 Å². The van der Waals surface area contributed by atoms with Crippen molar-refractivity contribution in [3.63, 3.8) is 0 Å². The van der Waals surface area contributed by atoms with Crippen LogP contribution in [0.4, 0.5) is 10.1 Å². The summed E-state index contributed by atoms with van der Waals surface area (Å²) in [6.07, 6.45) is 2.03. The number of amides is 1. The number of likely N-dealkylation sites (tertiary alicyclic amines) is 1. The number of anilines is 1. The Morgan fingerprint density at radius 3 is 2.95 bits per heavy atom. The molecule has 1 aliphatic heterocycles. The number of nitrogens with two attached hydrogens (primary N) is 1. The molecule has 1 heterocycles. The van der Waals surface area contributed by atoms with Crippen LogP contribution in [-0.2, 0) is 0 Å². The van der Waals surface area contributed by atoms with Crippen LogP contribution in [0.1, 0.15) is 23.2 Å². The van der Waals surface area contributed by atoms with Crippen molar-refractivity contribution < 1.29 is 9.18 Å². The van der Waals surface area contributed by atoms with Crippen LogP contribution >= 0.6 is 0 Å². The number of hydrogen-bond donors (Lipinski definition) is 2. The van der Waals surface area contributed by atoms with Gasteiger partial charge in [0.05, 0.1) is 11.3 Å². The van der Waals surface area contributed by atoms with Gasteiger partial charge in [0, 0.05) is 19.6 Å². The number of nitrogens with one attached hydrogen (secondary N) is 1. The van der Waals surface area contributed by atoms with Crippen molar-refractivity contribution in [3.8, 4) is 0 Å². The van der Waals surface area contributed by atoms with Crippen LogP contribution in [0.15, 0.2) is 18.2 Å². The Bertz CT molecular complexity index is 494. The summed E-state index contributed by atoms with van der Waals surface area (Å²) in [7, 11) is 3.80. The number of piperidine rings is 1. The van der Waals surface area contributed by atoms with Crippen LogP contribution in [0.25, 0.3) is 0 Å². The van der Waals surface area contributed by atoms with Crippen LogP contribution in [0.5, 0.6) is 0 Å². The molecule has 6 heteroatoms. The van der Waals surface area contributed by atoms with Crippen molar-refractivity contribution in [2.24, 2.45) is 5.84 Å². The molecule has 0 aliphatic carbocycles. The maximum Gasteiger partial charge on any atom is 0.256 e. The van der Waals surface area contributed by atoms with Gasteiger partial charge in [-0.3, -0.25) is 10.6 Å². The predicted molar refractivity (Wildman–Crippen MR) is 76.8 cm³/mol. The quantitative estimate of drug-likeness (QED) is 0.647. The van der Waals surface area contributed by atoms with E-state index < -0.39 is 5.82 Å². The maximum absolute atomic E-state index is 13.7. The fraction of sp³-hybridized carbons (Fsp3) is 0.500. The van der Waals surface area contributed by atoms with Gasteiger partial charge in [0.25, 0.3) is 5.91 Å². The van der Waals surface area contributed by atoms with E-state index in [1.807, 2.05) is 7.05 Å².